The van der Waals surface area contributed by atoms with Crippen molar-refractivity contribution in [3.05, 3.63) is 17.3 Å². The summed E-state index contributed by atoms with van der Waals surface area (Å²) in [6, 6.07) is 0. The van der Waals surface area contributed by atoms with Crippen LogP contribution in [0.15, 0.2) is 9.41 Å². The molecule has 1 aliphatic heterocycles. The highest BCUT2D eigenvalue weighted by Crippen LogP contribution is 2.28. The molecule has 1 aromatic heterocycles. The molecule has 1 aliphatic rings. The summed E-state index contributed by atoms with van der Waals surface area (Å²) in [7, 11) is 1.85. The maximum Gasteiger partial charge on any atom is 0.214 e. The molecule has 1 fully saturated rings. The molecule has 1 N–H and O–H groups in total. The molecular weight excluding hydrogens is 276 g/mol. The Hall–Kier alpha value is -1.52. The van der Waals surface area contributed by atoms with E-state index in [1.807, 2.05) is 20.9 Å². The summed E-state index contributed by atoms with van der Waals surface area (Å²) in [5, 5.41) is 3.38. The topological polar surface area (TPSA) is 53.7 Å². The highest BCUT2D eigenvalue weighted by atomic mass is 16.4. The Morgan fingerprint density at radius 3 is 2.68 bits per heavy atom. The summed E-state index contributed by atoms with van der Waals surface area (Å²) in [4.78, 5) is 11.2. The zero-order valence-corrected chi connectivity index (χ0v) is 14.6. The first-order valence-corrected chi connectivity index (χ1v) is 8.47. The molecule has 22 heavy (non-hydrogen) atoms. The van der Waals surface area contributed by atoms with Crippen LogP contribution in [-0.4, -0.2) is 36.0 Å². The first kappa shape index (κ1) is 16.8. The average molecular weight is 306 g/mol. The Bertz CT molecular complexity index is 485. The third-order valence-corrected chi connectivity index (χ3v) is 4.92. The van der Waals surface area contributed by atoms with Crippen LogP contribution in [0.2, 0.25) is 0 Å². The van der Waals surface area contributed by atoms with Crippen molar-refractivity contribution in [1.29, 1.82) is 0 Å². The van der Waals surface area contributed by atoms with Crippen LogP contribution < -0.4 is 5.32 Å². The van der Waals surface area contributed by atoms with Crippen LogP contribution in [0.3, 0.4) is 0 Å². The van der Waals surface area contributed by atoms with E-state index in [1.54, 1.807) is 0 Å². The van der Waals surface area contributed by atoms with Crippen molar-refractivity contribution >= 4 is 5.96 Å². The molecular formula is C17H30N4O. The van der Waals surface area contributed by atoms with E-state index >= 15 is 0 Å². The summed E-state index contributed by atoms with van der Waals surface area (Å²) < 4.78 is 5.62. The van der Waals surface area contributed by atoms with Crippen molar-refractivity contribution in [2.75, 3.05) is 20.1 Å². The van der Waals surface area contributed by atoms with E-state index in [9.17, 15) is 0 Å². The number of oxazole rings is 1. The van der Waals surface area contributed by atoms with Gasteiger partial charge in [0.2, 0.25) is 5.89 Å². The number of nitrogens with one attached hydrogen (secondary N) is 1. The van der Waals surface area contributed by atoms with Gasteiger partial charge in [0, 0.05) is 20.1 Å². The van der Waals surface area contributed by atoms with E-state index in [0.29, 0.717) is 6.54 Å². The van der Waals surface area contributed by atoms with E-state index in [0.717, 1.165) is 48.2 Å². The number of rotatable bonds is 5. The highest BCUT2D eigenvalue weighted by Gasteiger charge is 2.29. The predicted octanol–water partition coefficient (Wildman–Crippen LogP) is 3.12. The van der Waals surface area contributed by atoms with Gasteiger partial charge in [0.1, 0.15) is 5.76 Å². The lowest BCUT2D eigenvalue weighted by atomic mass is 9.87. The van der Waals surface area contributed by atoms with Crippen LogP contribution >= 0.6 is 0 Å². The SMILES string of the molecule is CCC(CC)C1CCN(C(=NC)NCc2nc(C)c(C)o2)C1. The van der Waals surface area contributed by atoms with Crippen LogP contribution in [0.4, 0.5) is 0 Å². The number of hydrogen-bond acceptors (Lipinski definition) is 3. The van der Waals surface area contributed by atoms with Crippen molar-refractivity contribution in [1.82, 2.24) is 15.2 Å². The third-order valence-electron chi connectivity index (χ3n) is 4.92. The molecule has 1 saturated heterocycles. The number of nitrogens with zero attached hydrogens (tertiary/aromatic N) is 3. The largest absolute Gasteiger partial charge is 0.444 e. The van der Waals surface area contributed by atoms with Crippen molar-refractivity contribution in [3.63, 3.8) is 0 Å². The molecule has 2 rings (SSSR count). The van der Waals surface area contributed by atoms with Crippen molar-refractivity contribution < 1.29 is 4.42 Å². The van der Waals surface area contributed by atoms with E-state index in [4.69, 9.17) is 4.42 Å². The van der Waals surface area contributed by atoms with E-state index < -0.39 is 0 Å². The molecule has 5 heteroatoms. The van der Waals surface area contributed by atoms with Gasteiger partial charge in [-0.3, -0.25) is 4.99 Å². The first-order chi connectivity index (χ1) is 10.6. The van der Waals surface area contributed by atoms with Gasteiger partial charge < -0.3 is 14.6 Å². The lowest BCUT2D eigenvalue weighted by molar-refractivity contribution is 0.318. The minimum atomic E-state index is 0.591. The molecule has 0 bridgehead atoms. The minimum absolute atomic E-state index is 0.591. The van der Waals surface area contributed by atoms with E-state index in [1.165, 1.54) is 19.3 Å². The van der Waals surface area contributed by atoms with Gasteiger partial charge in [-0.1, -0.05) is 26.7 Å². The summed E-state index contributed by atoms with van der Waals surface area (Å²) in [5.41, 5.74) is 0.960. The zero-order valence-electron chi connectivity index (χ0n) is 14.6. The van der Waals surface area contributed by atoms with Crippen LogP contribution in [-0.2, 0) is 6.54 Å². The Labute approximate surface area is 134 Å². The fourth-order valence-electron chi connectivity index (χ4n) is 3.42. The Balaban J connectivity index is 1.90. The van der Waals surface area contributed by atoms with Crippen molar-refractivity contribution in [2.24, 2.45) is 16.8 Å². The molecule has 0 saturated carbocycles. The quantitative estimate of drug-likeness (QED) is 0.671. The van der Waals surface area contributed by atoms with Crippen LogP contribution in [0, 0.1) is 25.7 Å². The Morgan fingerprint density at radius 2 is 2.14 bits per heavy atom. The highest BCUT2D eigenvalue weighted by molar-refractivity contribution is 5.80. The third kappa shape index (κ3) is 3.81. The minimum Gasteiger partial charge on any atom is -0.444 e. The van der Waals surface area contributed by atoms with Gasteiger partial charge in [-0.15, -0.1) is 0 Å². The Kier molecular flexibility index (Phi) is 5.86. The van der Waals surface area contributed by atoms with Crippen molar-refractivity contribution in [3.8, 4) is 0 Å². The molecule has 0 aliphatic carbocycles. The van der Waals surface area contributed by atoms with Gasteiger partial charge in [0.15, 0.2) is 5.96 Å². The smallest absolute Gasteiger partial charge is 0.214 e. The molecule has 2 heterocycles. The van der Waals surface area contributed by atoms with Crippen LogP contribution in [0.1, 0.15) is 50.5 Å². The van der Waals surface area contributed by atoms with Crippen LogP contribution in [0.25, 0.3) is 0 Å². The molecule has 0 aromatic carbocycles. The summed E-state index contributed by atoms with van der Waals surface area (Å²) >= 11 is 0. The lowest BCUT2D eigenvalue weighted by Crippen LogP contribution is -2.40. The number of guanidine groups is 1. The molecule has 5 nitrogen and oxygen atoms in total. The first-order valence-electron chi connectivity index (χ1n) is 8.47. The number of hydrogen-bond donors (Lipinski definition) is 1. The van der Waals surface area contributed by atoms with Gasteiger partial charge >= 0.3 is 0 Å². The number of aliphatic imine (C=N–C) groups is 1. The number of aryl methyl sites for hydroxylation is 2. The number of aromatic nitrogens is 1. The van der Waals surface area contributed by atoms with E-state index in [2.05, 4.69) is 34.0 Å². The van der Waals surface area contributed by atoms with Gasteiger partial charge in [-0.05, 0) is 32.1 Å². The molecule has 0 amide bonds. The van der Waals surface area contributed by atoms with E-state index in [-0.39, 0.29) is 0 Å². The summed E-state index contributed by atoms with van der Waals surface area (Å²) in [5.74, 6) is 4.20. The molecule has 0 spiro atoms. The molecule has 1 atom stereocenters. The normalized spacial score (nSPS) is 19.3. The molecule has 1 aromatic rings. The zero-order chi connectivity index (χ0) is 16.1. The van der Waals surface area contributed by atoms with Gasteiger partial charge in [-0.25, -0.2) is 4.98 Å². The monoisotopic (exact) mass is 306 g/mol. The van der Waals surface area contributed by atoms with Gasteiger partial charge in [-0.2, -0.15) is 0 Å². The predicted molar refractivity (Wildman–Crippen MR) is 89.9 cm³/mol. The summed E-state index contributed by atoms with van der Waals surface area (Å²) in [6.07, 6.45) is 3.82. The van der Waals surface area contributed by atoms with Crippen LogP contribution in [0.5, 0.6) is 0 Å². The molecule has 0 radical (unpaired) electrons. The fourth-order valence-corrected chi connectivity index (χ4v) is 3.42. The maximum atomic E-state index is 5.62. The average Bonchev–Trinajstić information content (AvgIpc) is 3.10. The number of likely N-dealkylation sites (tertiary alicyclic amines) is 1. The van der Waals surface area contributed by atoms with Gasteiger partial charge in [0.25, 0.3) is 0 Å². The second-order valence-electron chi connectivity index (χ2n) is 6.22. The molecule has 124 valence electrons. The maximum absolute atomic E-state index is 5.62. The Morgan fingerprint density at radius 1 is 1.41 bits per heavy atom. The standard InChI is InChI=1S/C17H30N4O/c1-6-14(7-2)15-8-9-21(11-15)17(18-5)19-10-16-20-12(3)13(4)22-16/h14-15H,6-11H2,1-5H3,(H,18,19). The second-order valence-corrected chi connectivity index (χ2v) is 6.22. The lowest BCUT2D eigenvalue weighted by Gasteiger charge is -2.23. The van der Waals surface area contributed by atoms with Gasteiger partial charge in [0.05, 0.1) is 12.2 Å². The van der Waals surface area contributed by atoms with Crippen molar-refractivity contribution in [2.45, 2.75) is 53.5 Å². The fraction of sp³-hybridized carbons (Fsp3) is 0.765. The summed E-state index contributed by atoms with van der Waals surface area (Å²) in [6.45, 7) is 11.3. The second kappa shape index (κ2) is 7.65. The molecule has 1 unspecified atom stereocenters.